The van der Waals surface area contributed by atoms with Crippen molar-refractivity contribution in [2.45, 2.75) is 24.9 Å². The minimum absolute atomic E-state index is 0.0155. The van der Waals surface area contributed by atoms with Crippen molar-refractivity contribution in [3.05, 3.63) is 107 Å². The van der Waals surface area contributed by atoms with Crippen LogP contribution in [0.5, 0.6) is 0 Å². The number of anilines is 1. The number of nitriles is 1. The third-order valence-corrected chi connectivity index (χ3v) is 6.56. The minimum Gasteiger partial charge on any atom is -0.352 e. The summed E-state index contributed by atoms with van der Waals surface area (Å²) in [6.45, 7) is 0. The predicted octanol–water partition coefficient (Wildman–Crippen LogP) is 6.05. The lowest BCUT2D eigenvalue weighted by Crippen LogP contribution is -2.36. The maximum absolute atomic E-state index is 11.9. The molecule has 2 unspecified atom stereocenters. The average Bonchev–Trinajstić information content (AvgIpc) is 2.81. The zero-order chi connectivity index (χ0) is 21.6. The number of nitrogens with zero attached hydrogens (tertiary/aromatic N) is 2. The van der Waals surface area contributed by atoms with Gasteiger partial charge in [-0.1, -0.05) is 84.9 Å². The Morgan fingerprint density at radius 2 is 1.61 bits per heavy atom. The number of rotatable bonds is 7. The quantitative estimate of drug-likeness (QED) is 0.462. The fraction of sp³-hybridized carbons (Fsp3) is 0.222. The second kappa shape index (κ2) is 9.76. The summed E-state index contributed by atoms with van der Waals surface area (Å²) >= 11 is 0. The minimum atomic E-state index is -0.869. The van der Waals surface area contributed by atoms with Gasteiger partial charge in [0.1, 0.15) is 0 Å². The van der Waals surface area contributed by atoms with Crippen molar-refractivity contribution in [2.24, 2.45) is 0 Å². The smallest absolute Gasteiger partial charge is 0.0766 e. The molecule has 0 N–H and O–H groups in total. The van der Waals surface area contributed by atoms with Crippen LogP contribution in [0.15, 0.2) is 90.5 Å². The molecule has 31 heavy (non-hydrogen) atoms. The second-order valence-corrected chi connectivity index (χ2v) is 9.37. The molecular formula is C27H26N2OS. The first-order valence-electron chi connectivity index (χ1n) is 10.5. The van der Waals surface area contributed by atoms with Gasteiger partial charge in [0.15, 0.2) is 0 Å². The first-order valence-corrected chi connectivity index (χ1v) is 12.3. The number of hydrogen-bond acceptors (Lipinski definition) is 3. The van der Waals surface area contributed by atoms with E-state index in [0.717, 1.165) is 23.2 Å². The van der Waals surface area contributed by atoms with Crippen LogP contribution in [0, 0.1) is 11.3 Å². The van der Waals surface area contributed by atoms with Crippen LogP contribution in [0.2, 0.25) is 0 Å². The maximum atomic E-state index is 11.9. The van der Waals surface area contributed by atoms with Gasteiger partial charge in [0.05, 0.1) is 24.6 Å². The molecule has 3 atom stereocenters. The Morgan fingerprint density at radius 3 is 2.29 bits per heavy atom. The molecule has 0 aliphatic carbocycles. The van der Waals surface area contributed by atoms with Crippen molar-refractivity contribution in [1.82, 2.24) is 0 Å². The van der Waals surface area contributed by atoms with Gasteiger partial charge in [0.2, 0.25) is 0 Å². The molecule has 0 bridgehead atoms. The summed E-state index contributed by atoms with van der Waals surface area (Å²) in [5.74, 6) is 0.624. The Bertz CT molecular complexity index is 1120. The number of para-hydroxylation sites is 1. The third kappa shape index (κ3) is 4.62. The lowest BCUT2D eigenvalue weighted by Gasteiger charge is -2.44. The van der Waals surface area contributed by atoms with Crippen molar-refractivity contribution in [1.29, 1.82) is 5.26 Å². The van der Waals surface area contributed by atoms with Gasteiger partial charge in [-0.05, 0) is 34.8 Å². The summed E-state index contributed by atoms with van der Waals surface area (Å²) in [4.78, 5) is 2.40. The van der Waals surface area contributed by atoms with Crippen LogP contribution in [0.1, 0.15) is 41.6 Å². The molecule has 156 valence electrons. The molecule has 0 spiro atoms. The van der Waals surface area contributed by atoms with Gasteiger partial charge < -0.3 is 4.90 Å². The zero-order valence-corrected chi connectivity index (χ0v) is 18.5. The van der Waals surface area contributed by atoms with Crippen LogP contribution in [0.3, 0.4) is 0 Å². The van der Waals surface area contributed by atoms with Gasteiger partial charge in [0.25, 0.3) is 0 Å². The van der Waals surface area contributed by atoms with E-state index in [1.165, 1.54) is 11.1 Å². The van der Waals surface area contributed by atoms with Crippen molar-refractivity contribution in [2.75, 3.05) is 16.9 Å². The molecule has 0 fully saturated rings. The van der Waals surface area contributed by atoms with Gasteiger partial charge >= 0.3 is 0 Å². The Morgan fingerprint density at radius 1 is 0.968 bits per heavy atom. The van der Waals surface area contributed by atoms with Crippen molar-refractivity contribution in [3.8, 4) is 6.07 Å². The molecule has 4 rings (SSSR count). The molecule has 3 aromatic carbocycles. The van der Waals surface area contributed by atoms with Crippen LogP contribution >= 0.6 is 0 Å². The highest BCUT2D eigenvalue weighted by Crippen LogP contribution is 2.47. The van der Waals surface area contributed by atoms with Crippen LogP contribution < -0.4 is 4.90 Å². The van der Waals surface area contributed by atoms with Crippen molar-refractivity contribution < 1.29 is 4.21 Å². The molecule has 4 heteroatoms. The lowest BCUT2D eigenvalue weighted by atomic mass is 9.86. The summed E-state index contributed by atoms with van der Waals surface area (Å²) in [6.07, 6.45) is 5.15. The molecule has 3 aromatic rings. The third-order valence-electron chi connectivity index (χ3n) is 5.78. The van der Waals surface area contributed by atoms with E-state index >= 15 is 0 Å². The average molecular weight is 427 g/mol. The summed E-state index contributed by atoms with van der Waals surface area (Å²) in [7, 11) is -0.869. The van der Waals surface area contributed by atoms with Gasteiger partial charge in [-0.3, -0.25) is 4.21 Å². The number of hydrogen-bond donors (Lipinski definition) is 0. The van der Waals surface area contributed by atoms with E-state index in [1.54, 1.807) is 6.26 Å². The number of fused-ring (bicyclic) bond motifs is 1. The molecule has 0 radical (unpaired) electrons. The van der Waals surface area contributed by atoms with Crippen LogP contribution in [0.25, 0.3) is 6.08 Å². The molecule has 1 aliphatic rings. The molecule has 0 aromatic heterocycles. The highest BCUT2D eigenvalue weighted by molar-refractivity contribution is 7.84. The SMILES string of the molecule is CS(=O)CCC1=Cc2ccccc2N([C@@H](CC#N)c2ccccc2)C1c1ccccc1. The predicted molar refractivity (Wildman–Crippen MR) is 129 cm³/mol. The molecule has 0 saturated carbocycles. The Kier molecular flexibility index (Phi) is 6.64. The second-order valence-electron chi connectivity index (χ2n) is 7.81. The topological polar surface area (TPSA) is 44.1 Å². The fourth-order valence-electron chi connectivity index (χ4n) is 4.41. The Balaban J connectivity index is 1.91. The monoisotopic (exact) mass is 426 g/mol. The Labute approximate surface area is 187 Å². The Hall–Kier alpha value is -3.16. The van der Waals surface area contributed by atoms with Crippen molar-refractivity contribution >= 4 is 22.6 Å². The van der Waals surface area contributed by atoms with Crippen LogP contribution in [-0.2, 0) is 10.8 Å². The molecular weight excluding hydrogens is 400 g/mol. The van der Waals surface area contributed by atoms with E-state index in [1.807, 2.05) is 30.3 Å². The molecule has 1 aliphatic heterocycles. The molecule has 3 nitrogen and oxygen atoms in total. The summed E-state index contributed by atoms with van der Waals surface area (Å²) in [5, 5.41) is 9.74. The van der Waals surface area contributed by atoms with Gasteiger partial charge in [-0.2, -0.15) is 5.26 Å². The highest BCUT2D eigenvalue weighted by Gasteiger charge is 2.35. The number of benzene rings is 3. The van der Waals surface area contributed by atoms with E-state index < -0.39 is 10.8 Å². The first kappa shape index (κ1) is 21.1. The zero-order valence-electron chi connectivity index (χ0n) is 17.6. The van der Waals surface area contributed by atoms with E-state index in [0.29, 0.717) is 12.2 Å². The van der Waals surface area contributed by atoms with Gasteiger partial charge in [0, 0.05) is 28.5 Å². The van der Waals surface area contributed by atoms with E-state index in [2.05, 4.69) is 71.6 Å². The van der Waals surface area contributed by atoms with E-state index in [4.69, 9.17) is 0 Å². The first-order chi connectivity index (χ1) is 15.2. The lowest BCUT2D eigenvalue weighted by molar-refractivity contribution is 0.563. The highest BCUT2D eigenvalue weighted by atomic mass is 32.2. The van der Waals surface area contributed by atoms with Gasteiger partial charge in [-0.25, -0.2) is 0 Å². The van der Waals surface area contributed by atoms with Crippen LogP contribution in [-0.4, -0.2) is 16.2 Å². The van der Waals surface area contributed by atoms with Gasteiger partial charge in [-0.15, -0.1) is 0 Å². The molecule has 0 amide bonds. The standard InChI is InChI=1S/C27H26N2OS/c1-31(30)19-17-24-20-23-14-8-9-15-25(23)29(27(24)22-12-6-3-7-13-22)26(16-18-28)21-10-4-2-5-11-21/h2-15,20,26-27H,16-17,19H2,1H3/t26-,27?,31?/m0/s1. The van der Waals surface area contributed by atoms with E-state index in [9.17, 15) is 9.47 Å². The normalized spacial score (nSPS) is 17.2. The summed E-state index contributed by atoms with van der Waals surface area (Å²) in [6, 6.07) is 31.4. The summed E-state index contributed by atoms with van der Waals surface area (Å²) < 4.78 is 11.9. The fourth-order valence-corrected chi connectivity index (χ4v) is 4.93. The van der Waals surface area contributed by atoms with Crippen LogP contribution in [0.4, 0.5) is 5.69 Å². The molecule has 1 heterocycles. The molecule has 0 saturated heterocycles. The van der Waals surface area contributed by atoms with Crippen molar-refractivity contribution in [3.63, 3.8) is 0 Å². The largest absolute Gasteiger partial charge is 0.352 e. The summed E-state index contributed by atoms with van der Waals surface area (Å²) in [5.41, 5.74) is 5.82. The maximum Gasteiger partial charge on any atom is 0.0766 e. The van der Waals surface area contributed by atoms with E-state index in [-0.39, 0.29) is 12.1 Å².